The van der Waals surface area contributed by atoms with Gasteiger partial charge in [0.15, 0.2) is 5.82 Å². The fourth-order valence-corrected chi connectivity index (χ4v) is 7.43. The lowest BCUT2D eigenvalue weighted by Crippen LogP contribution is -1.96. The predicted molar refractivity (Wildman–Crippen MR) is 207 cm³/mol. The lowest BCUT2D eigenvalue weighted by Gasteiger charge is -2.10. The largest absolute Gasteiger partial charge is 0.309 e. The van der Waals surface area contributed by atoms with Crippen molar-refractivity contribution in [3.8, 4) is 45.3 Å². The molecule has 4 heteroatoms. The minimum Gasteiger partial charge on any atom is -0.309 e. The standard InChI is InChI=1S/C46H30N4/c1-4-14-31(15-5-1)40-30-41(48-46(47-40)32-16-6-2-7-17-32)33-24-26-44-38(28-33)39-29-35(25-27-45(39)49(44)34-18-8-3-9-19-34)50-42-22-12-10-20-36(42)37-21-11-13-23-43(37)50/h1-30H. The fraction of sp³-hybridized carbons (Fsp3) is 0. The smallest absolute Gasteiger partial charge is 0.160 e. The van der Waals surface area contributed by atoms with Crippen molar-refractivity contribution in [3.63, 3.8) is 0 Å². The Hall–Kier alpha value is -6.78. The van der Waals surface area contributed by atoms with E-state index in [1.165, 1.54) is 32.6 Å². The van der Waals surface area contributed by atoms with Gasteiger partial charge in [-0.05, 0) is 60.7 Å². The van der Waals surface area contributed by atoms with Crippen LogP contribution in [-0.4, -0.2) is 19.1 Å². The molecule has 10 aromatic rings. The van der Waals surface area contributed by atoms with Crippen LogP contribution in [0.4, 0.5) is 0 Å². The second-order valence-corrected chi connectivity index (χ2v) is 12.7. The van der Waals surface area contributed by atoms with Crippen LogP contribution in [-0.2, 0) is 0 Å². The van der Waals surface area contributed by atoms with E-state index in [0.717, 1.165) is 50.5 Å². The second-order valence-electron chi connectivity index (χ2n) is 12.7. The van der Waals surface area contributed by atoms with Crippen molar-refractivity contribution < 1.29 is 0 Å². The number of fused-ring (bicyclic) bond motifs is 6. The van der Waals surface area contributed by atoms with E-state index in [2.05, 4.69) is 167 Å². The van der Waals surface area contributed by atoms with Crippen molar-refractivity contribution in [1.29, 1.82) is 0 Å². The molecule has 50 heavy (non-hydrogen) atoms. The van der Waals surface area contributed by atoms with E-state index in [1.807, 2.05) is 24.3 Å². The van der Waals surface area contributed by atoms with Gasteiger partial charge in [0.1, 0.15) is 0 Å². The van der Waals surface area contributed by atoms with Gasteiger partial charge in [-0.2, -0.15) is 0 Å². The molecule has 7 aromatic carbocycles. The summed E-state index contributed by atoms with van der Waals surface area (Å²) < 4.78 is 4.76. The maximum absolute atomic E-state index is 5.16. The highest BCUT2D eigenvalue weighted by Crippen LogP contribution is 2.38. The van der Waals surface area contributed by atoms with Crippen LogP contribution in [0.2, 0.25) is 0 Å². The molecule has 0 amide bonds. The minimum absolute atomic E-state index is 0.711. The van der Waals surface area contributed by atoms with Gasteiger partial charge in [-0.1, -0.05) is 121 Å². The van der Waals surface area contributed by atoms with Crippen LogP contribution in [0.1, 0.15) is 0 Å². The van der Waals surface area contributed by atoms with Gasteiger partial charge >= 0.3 is 0 Å². The molecule has 234 valence electrons. The summed E-state index contributed by atoms with van der Waals surface area (Å²) in [4.78, 5) is 10.2. The monoisotopic (exact) mass is 638 g/mol. The first-order chi connectivity index (χ1) is 24.8. The van der Waals surface area contributed by atoms with Gasteiger partial charge in [-0.15, -0.1) is 0 Å². The average Bonchev–Trinajstić information content (AvgIpc) is 3.71. The molecule has 0 saturated carbocycles. The summed E-state index contributed by atoms with van der Waals surface area (Å²) in [6.45, 7) is 0. The molecule has 3 heterocycles. The summed E-state index contributed by atoms with van der Waals surface area (Å²) in [7, 11) is 0. The maximum Gasteiger partial charge on any atom is 0.160 e. The molecule has 10 rings (SSSR count). The molecule has 0 radical (unpaired) electrons. The molecule has 0 aliphatic heterocycles. The summed E-state index contributed by atoms with van der Waals surface area (Å²) in [5.74, 6) is 0.711. The molecular formula is C46H30N4. The molecule has 0 fully saturated rings. The summed E-state index contributed by atoms with van der Waals surface area (Å²) in [6, 6.07) is 64.3. The van der Waals surface area contributed by atoms with E-state index in [4.69, 9.17) is 9.97 Å². The number of hydrogen-bond donors (Lipinski definition) is 0. The van der Waals surface area contributed by atoms with Crippen molar-refractivity contribution in [2.75, 3.05) is 0 Å². The Morgan fingerprint density at radius 2 is 0.780 bits per heavy atom. The average molecular weight is 639 g/mol. The van der Waals surface area contributed by atoms with Gasteiger partial charge in [-0.25, -0.2) is 9.97 Å². The first-order valence-corrected chi connectivity index (χ1v) is 16.9. The Morgan fingerprint density at radius 1 is 0.300 bits per heavy atom. The number of nitrogens with zero attached hydrogens (tertiary/aromatic N) is 4. The maximum atomic E-state index is 5.16. The molecule has 0 aliphatic rings. The molecule has 0 saturated heterocycles. The van der Waals surface area contributed by atoms with Crippen molar-refractivity contribution in [1.82, 2.24) is 19.1 Å². The van der Waals surface area contributed by atoms with E-state index in [9.17, 15) is 0 Å². The molecule has 0 N–H and O–H groups in total. The van der Waals surface area contributed by atoms with Gasteiger partial charge in [0.05, 0.1) is 33.5 Å². The first-order valence-electron chi connectivity index (χ1n) is 16.9. The van der Waals surface area contributed by atoms with Crippen LogP contribution in [0, 0.1) is 0 Å². The molecule has 0 atom stereocenters. The third-order valence-electron chi connectivity index (χ3n) is 9.72. The van der Waals surface area contributed by atoms with E-state index in [1.54, 1.807) is 0 Å². The van der Waals surface area contributed by atoms with Crippen molar-refractivity contribution in [3.05, 3.63) is 182 Å². The Kier molecular flexibility index (Phi) is 6.46. The van der Waals surface area contributed by atoms with E-state index >= 15 is 0 Å². The molecule has 3 aromatic heterocycles. The molecule has 0 unspecified atom stereocenters. The zero-order chi connectivity index (χ0) is 33.0. The van der Waals surface area contributed by atoms with Crippen LogP contribution < -0.4 is 0 Å². The highest BCUT2D eigenvalue weighted by atomic mass is 15.0. The SMILES string of the molecule is c1ccc(-c2cc(-c3ccc4c(c3)c3cc(-n5c6ccccc6c6ccccc65)ccc3n4-c3ccccc3)nc(-c3ccccc3)n2)cc1. The van der Waals surface area contributed by atoms with Crippen LogP contribution in [0.25, 0.3) is 88.9 Å². The zero-order valence-corrected chi connectivity index (χ0v) is 27.1. The number of benzene rings is 7. The molecule has 0 bridgehead atoms. The lowest BCUT2D eigenvalue weighted by molar-refractivity contribution is 1.16. The highest BCUT2D eigenvalue weighted by molar-refractivity contribution is 6.13. The van der Waals surface area contributed by atoms with E-state index in [0.29, 0.717) is 5.82 Å². The van der Waals surface area contributed by atoms with Crippen molar-refractivity contribution in [2.45, 2.75) is 0 Å². The third kappa shape index (κ3) is 4.54. The fourth-order valence-electron chi connectivity index (χ4n) is 7.43. The summed E-state index contributed by atoms with van der Waals surface area (Å²) in [5.41, 5.74) is 11.8. The number of aromatic nitrogens is 4. The number of rotatable bonds is 5. The molecule has 0 spiro atoms. The Morgan fingerprint density at radius 3 is 1.44 bits per heavy atom. The zero-order valence-electron chi connectivity index (χ0n) is 27.1. The van der Waals surface area contributed by atoms with E-state index in [-0.39, 0.29) is 0 Å². The molecule has 0 aliphatic carbocycles. The van der Waals surface area contributed by atoms with Gasteiger partial charge in [-0.3, -0.25) is 0 Å². The van der Waals surface area contributed by atoms with E-state index < -0.39 is 0 Å². The number of hydrogen-bond acceptors (Lipinski definition) is 2. The summed E-state index contributed by atoms with van der Waals surface area (Å²) in [5, 5.41) is 4.87. The van der Waals surface area contributed by atoms with Gasteiger partial charge < -0.3 is 9.13 Å². The van der Waals surface area contributed by atoms with Gasteiger partial charge in [0.2, 0.25) is 0 Å². The Labute approximate surface area is 289 Å². The quantitative estimate of drug-likeness (QED) is 0.188. The Balaban J connectivity index is 1.24. The first kappa shape index (κ1) is 28.3. The topological polar surface area (TPSA) is 35.6 Å². The van der Waals surface area contributed by atoms with Crippen LogP contribution in [0.5, 0.6) is 0 Å². The van der Waals surface area contributed by atoms with Crippen LogP contribution in [0.15, 0.2) is 182 Å². The number of para-hydroxylation sites is 3. The predicted octanol–water partition coefficient (Wildman–Crippen LogP) is 11.7. The van der Waals surface area contributed by atoms with Crippen LogP contribution in [0.3, 0.4) is 0 Å². The van der Waals surface area contributed by atoms with Crippen LogP contribution >= 0.6 is 0 Å². The molecule has 4 nitrogen and oxygen atoms in total. The lowest BCUT2D eigenvalue weighted by atomic mass is 10.0. The minimum atomic E-state index is 0.711. The normalized spacial score (nSPS) is 11.6. The second kappa shape index (κ2) is 11.4. The Bertz CT molecular complexity index is 2740. The summed E-state index contributed by atoms with van der Waals surface area (Å²) in [6.07, 6.45) is 0. The highest BCUT2D eigenvalue weighted by Gasteiger charge is 2.18. The third-order valence-corrected chi connectivity index (χ3v) is 9.72. The van der Waals surface area contributed by atoms with Gasteiger partial charge in [0.25, 0.3) is 0 Å². The molecular weight excluding hydrogens is 609 g/mol. The van der Waals surface area contributed by atoms with Crippen molar-refractivity contribution in [2.24, 2.45) is 0 Å². The van der Waals surface area contributed by atoms with Crippen molar-refractivity contribution >= 4 is 43.6 Å². The summed E-state index contributed by atoms with van der Waals surface area (Å²) >= 11 is 0. The van der Waals surface area contributed by atoms with Gasteiger partial charge in [0, 0.05) is 49.6 Å².